The lowest BCUT2D eigenvalue weighted by Crippen LogP contribution is -2.21. The lowest BCUT2D eigenvalue weighted by atomic mass is 9.73. The SMILES string of the molecule is Cc1c(-c2cc(C(C)(C)C)cc(C(C)(C)C)c2CP(C)C)cc(C(C)(C)C)cc1C(C)(C)C. The maximum Gasteiger partial charge on any atom is -0.00689 e. The first kappa shape index (κ1) is 28.1. The zero-order valence-corrected chi connectivity index (χ0v) is 25.4. The van der Waals surface area contributed by atoms with E-state index in [0.29, 0.717) is 0 Å². The molecule has 0 atom stereocenters. The topological polar surface area (TPSA) is 0 Å². The highest BCUT2D eigenvalue weighted by atomic mass is 31.1. The third-order valence-electron chi connectivity index (χ3n) is 6.77. The summed E-state index contributed by atoms with van der Waals surface area (Å²) in [6.07, 6.45) is 1.17. The quantitative estimate of drug-likeness (QED) is 0.395. The molecule has 0 aliphatic heterocycles. The smallest absolute Gasteiger partial charge is 0.00689 e. The van der Waals surface area contributed by atoms with Gasteiger partial charge < -0.3 is 0 Å². The summed E-state index contributed by atoms with van der Waals surface area (Å²) in [4.78, 5) is 0. The molecule has 2 aromatic carbocycles. The van der Waals surface area contributed by atoms with Gasteiger partial charge in [0.05, 0.1) is 0 Å². The Labute approximate surface area is 207 Å². The number of hydrogen-bond acceptors (Lipinski definition) is 0. The third kappa shape index (κ3) is 6.51. The minimum atomic E-state index is -0.0545. The van der Waals surface area contributed by atoms with Crippen LogP contribution in [0.1, 0.15) is 116 Å². The Bertz CT molecular complexity index is 993. The van der Waals surface area contributed by atoms with E-state index in [1.165, 1.54) is 45.1 Å². The Kier molecular flexibility index (Phi) is 7.79. The fraction of sp³-hybridized carbons (Fsp3) is 0.625. The number of rotatable bonds is 3. The first-order chi connectivity index (χ1) is 14.6. The molecule has 0 heterocycles. The van der Waals surface area contributed by atoms with Gasteiger partial charge in [0.25, 0.3) is 0 Å². The van der Waals surface area contributed by atoms with E-state index in [1.54, 1.807) is 5.56 Å². The third-order valence-corrected chi connectivity index (χ3v) is 7.72. The van der Waals surface area contributed by atoms with Crippen molar-refractivity contribution in [3.05, 3.63) is 57.6 Å². The average molecular weight is 467 g/mol. The van der Waals surface area contributed by atoms with Gasteiger partial charge in [0.15, 0.2) is 0 Å². The highest BCUT2D eigenvalue weighted by molar-refractivity contribution is 7.55. The van der Waals surface area contributed by atoms with Crippen molar-refractivity contribution >= 4 is 7.92 Å². The van der Waals surface area contributed by atoms with Crippen molar-refractivity contribution in [3.63, 3.8) is 0 Å². The van der Waals surface area contributed by atoms with Gasteiger partial charge in [-0.3, -0.25) is 0 Å². The zero-order chi connectivity index (χ0) is 25.7. The predicted molar refractivity (Wildman–Crippen MR) is 154 cm³/mol. The summed E-state index contributed by atoms with van der Waals surface area (Å²) in [5.74, 6) is 0. The Morgan fingerprint density at radius 1 is 0.545 bits per heavy atom. The van der Waals surface area contributed by atoms with Gasteiger partial charge in [0.2, 0.25) is 0 Å². The molecular weight excluding hydrogens is 415 g/mol. The molecule has 0 saturated heterocycles. The van der Waals surface area contributed by atoms with Crippen LogP contribution >= 0.6 is 7.92 Å². The van der Waals surface area contributed by atoms with E-state index >= 15 is 0 Å². The van der Waals surface area contributed by atoms with Crippen molar-refractivity contribution in [2.45, 2.75) is 118 Å². The molecule has 0 aliphatic carbocycles. The molecule has 184 valence electrons. The van der Waals surface area contributed by atoms with Gasteiger partial charge in [0.1, 0.15) is 0 Å². The molecule has 2 rings (SSSR count). The highest BCUT2D eigenvalue weighted by Gasteiger charge is 2.29. The van der Waals surface area contributed by atoms with Crippen LogP contribution in [0.5, 0.6) is 0 Å². The minimum Gasteiger partial charge on any atom is -0.109 e. The standard InChI is InChI=1S/C32H51P/c1-21-24(16-22(29(2,3)4)18-27(21)31(8,9)10)25-17-23(30(5,6)7)19-28(32(11,12)13)26(25)20-33(14)15/h16-19H,20H2,1-15H3. The Morgan fingerprint density at radius 2 is 0.939 bits per heavy atom. The number of hydrogen-bond donors (Lipinski definition) is 0. The van der Waals surface area contributed by atoms with Crippen molar-refractivity contribution in [3.8, 4) is 11.1 Å². The molecule has 0 bridgehead atoms. The molecule has 0 amide bonds. The average Bonchev–Trinajstić information content (AvgIpc) is 2.57. The second-order valence-corrected chi connectivity index (χ2v) is 17.0. The zero-order valence-electron chi connectivity index (χ0n) is 24.5. The second kappa shape index (κ2) is 9.15. The van der Waals surface area contributed by atoms with Crippen LogP contribution in [0.25, 0.3) is 11.1 Å². The Balaban J connectivity index is 3.13. The second-order valence-electron chi connectivity index (χ2n) is 14.5. The van der Waals surface area contributed by atoms with E-state index in [0.717, 1.165) is 0 Å². The molecule has 0 aliphatic rings. The minimum absolute atomic E-state index is 0.0545. The van der Waals surface area contributed by atoms with Gasteiger partial charge in [-0.1, -0.05) is 107 Å². The van der Waals surface area contributed by atoms with E-state index in [-0.39, 0.29) is 29.6 Å². The molecule has 0 saturated carbocycles. The van der Waals surface area contributed by atoms with Crippen LogP contribution in [0, 0.1) is 6.92 Å². The lowest BCUT2D eigenvalue weighted by molar-refractivity contribution is 0.563. The van der Waals surface area contributed by atoms with Crippen LogP contribution in [0.15, 0.2) is 24.3 Å². The van der Waals surface area contributed by atoms with Gasteiger partial charge in [-0.15, -0.1) is 7.92 Å². The van der Waals surface area contributed by atoms with Crippen LogP contribution in [-0.2, 0) is 27.8 Å². The van der Waals surface area contributed by atoms with E-state index in [4.69, 9.17) is 0 Å². The van der Waals surface area contributed by atoms with E-state index < -0.39 is 0 Å². The molecule has 0 aromatic heterocycles. The van der Waals surface area contributed by atoms with Crippen molar-refractivity contribution in [2.24, 2.45) is 0 Å². The Hall–Kier alpha value is -1.13. The van der Waals surface area contributed by atoms with E-state index in [9.17, 15) is 0 Å². The maximum absolute atomic E-state index is 2.53. The molecule has 2 aromatic rings. The van der Waals surface area contributed by atoms with Crippen molar-refractivity contribution < 1.29 is 0 Å². The molecule has 0 N–H and O–H groups in total. The van der Waals surface area contributed by atoms with Gasteiger partial charge in [-0.05, 0) is 92.6 Å². The molecule has 0 fully saturated rings. The van der Waals surface area contributed by atoms with Crippen LogP contribution in [0.3, 0.4) is 0 Å². The summed E-state index contributed by atoms with van der Waals surface area (Å²) in [5.41, 5.74) is 12.2. The van der Waals surface area contributed by atoms with Gasteiger partial charge in [-0.25, -0.2) is 0 Å². The summed E-state index contributed by atoms with van der Waals surface area (Å²) in [5, 5.41) is 0. The maximum atomic E-state index is 2.53. The van der Waals surface area contributed by atoms with E-state index in [1.807, 2.05) is 0 Å². The van der Waals surface area contributed by atoms with Crippen molar-refractivity contribution in [2.75, 3.05) is 13.3 Å². The fourth-order valence-corrected chi connectivity index (χ4v) is 5.68. The summed E-state index contributed by atoms with van der Waals surface area (Å²) >= 11 is 0. The van der Waals surface area contributed by atoms with Crippen LogP contribution < -0.4 is 0 Å². The molecule has 0 spiro atoms. The monoisotopic (exact) mass is 466 g/mol. The molecule has 0 radical (unpaired) electrons. The first-order valence-electron chi connectivity index (χ1n) is 12.6. The summed E-state index contributed by atoms with van der Waals surface area (Å²) in [6, 6.07) is 10.0. The van der Waals surface area contributed by atoms with Gasteiger partial charge in [-0.2, -0.15) is 0 Å². The van der Waals surface area contributed by atoms with Gasteiger partial charge in [0, 0.05) is 0 Å². The van der Waals surface area contributed by atoms with Gasteiger partial charge >= 0.3 is 0 Å². The number of benzene rings is 2. The molecular formula is C32H51P. The molecule has 33 heavy (non-hydrogen) atoms. The van der Waals surface area contributed by atoms with Crippen molar-refractivity contribution in [1.29, 1.82) is 0 Å². The normalized spacial score (nSPS) is 13.7. The van der Waals surface area contributed by atoms with Crippen LogP contribution in [0.4, 0.5) is 0 Å². The molecule has 0 unspecified atom stereocenters. The van der Waals surface area contributed by atoms with E-state index in [2.05, 4.69) is 128 Å². The highest BCUT2D eigenvalue weighted by Crippen LogP contribution is 2.46. The molecule has 1 heteroatoms. The van der Waals surface area contributed by atoms with Crippen molar-refractivity contribution in [1.82, 2.24) is 0 Å². The lowest BCUT2D eigenvalue weighted by Gasteiger charge is -2.33. The van der Waals surface area contributed by atoms with Crippen LogP contribution in [-0.4, -0.2) is 13.3 Å². The predicted octanol–water partition coefficient (Wildman–Crippen LogP) is 10.1. The fourth-order valence-electron chi connectivity index (χ4n) is 4.71. The Morgan fingerprint density at radius 3 is 1.30 bits per heavy atom. The summed E-state index contributed by atoms with van der Waals surface area (Å²) in [7, 11) is -0.0545. The van der Waals surface area contributed by atoms with Crippen LogP contribution in [0.2, 0.25) is 0 Å². The molecule has 0 nitrogen and oxygen atoms in total. The largest absolute Gasteiger partial charge is 0.109 e. The summed E-state index contributed by atoms with van der Waals surface area (Å²) < 4.78 is 0. The first-order valence-corrected chi connectivity index (χ1v) is 15.0. The summed E-state index contributed by atoms with van der Waals surface area (Å²) in [6.45, 7) is 35.5.